The van der Waals surface area contributed by atoms with Crippen molar-refractivity contribution in [2.45, 2.75) is 52.7 Å². The van der Waals surface area contributed by atoms with Crippen LogP contribution in [0.2, 0.25) is 0 Å². The molecule has 3 heteroatoms. The van der Waals surface area contributed by atoms with E-state index in [0.29, 0.717) is 6.54 Å². The maximum absolute atomic E-state index is 12.5. The van der Waals surface area contributed by atoms with Crippen LogP contribution < -0.4 is 0 Å². The van der Waals surface area contributed by atoms with Crippen LogP contribution in [0.5, 0.6) is 0 Å². The zero-order valence-corrected chi connectivity index (χ0v) is 13.6. The largest absolute Gasteiger partial charge is 0.444 e. The van der Waals surface area contributed by atoms with Crippen LogP contribution in [0.4, 0.5) is 4.79 Å². The van der Waals surface area contributed by atoms with Gasteiger partial charge in [-0.05, 0) is 46.6 Å². The molecule has 1 amide bonds. The molecule has 0 saturated carbocycles. The minimum atomic E-state index is -0.470. The van der Waals surface area contributed by atoms with Crippen molar-refractivity contribution >= 4 is 6.09 Å². The second kappa shape index (κ2) is 5.92. The van der Waals surface area contributed by atoms with E-state index in [-0.39, 0.29) is 12.1 Å². The monoisotopic (exact) mass is 287 g/mol. The summed E-state index contributed by atoms with van der Waals surface area (Å²) in [4.78, 5) is 14.4. The summed E-state index contributed by atoms with van der Waals surface area (Å²) in [7, 11) is 0. The molecule has 0 aliphatic carbocycles. The molecule has 3 nitrogen and oxygen atoms in total. The quantitative estimate of drug-likeness (QED) is 0.700. The van der Waals surface area contributed by atoms with E-state index in [1.54, 1.807) is 0 Å². The van der Waals surface area contributed by atoms with Crippen molar-refractivity contribution < 1.29 is 9.53 Å². The third-order valence-corrected chi connectivity index (χ3v) is 3.82. The van der Waals surface area contributed by atoms with Crippen LogP contribution in [0.15, 0.2) is 41.5 Å². The minimum absolute atomic E-state index is 0.0600. The molecule has 1 unspecified atom stereocenters. The first kappa shape index (κ1) is 15.6. The second-order valence-corrected chi connectivity index (χ2v) is 6.80. The van der Waals surface area contributed by atoms with Crippen LogP contribution in [0, 0.1) is 0 Å². The van der Waals surface area contributed by atoms with Gasteiger partial charge >= 0.3 is 6.09 Å². The highest BCUT2D eigenvalue weighted by molar-refractivity contribution is 5.70. The Morgan fingerprint density at radius 3 is 2.33 bits per heavy atom. The van der Waals surface area contributed by atoms with E-state index in [1.165, 1.54) is 11.1 Å². The molecular weight excluding hydrogens is 262 g/mol. The third kappa shape index (κ3) is 3.87. The molecule has 0 radical (unpaired) electrons. The molecule has 0 fully saturated rings. The van der Waals surface area contributed by atoms with Gasteiger partial charge in [0.1, 0.15) is 5.60 Å². The first-order valence-electron chi connectivity index (χ1n) is 7.48. The van der Waals surface area contributed by atoms with Gasteiger partial charge < -0.3 is 4.74 Å². The highest BCUT2D eigenvalue weighted by Crippen LogP contribution is 2.34. The molecule has 1 aromatic rings. The second-order valence-electron chi connectivity index (χ2n) is 6.80. The summed E-state index contributed by atoms with van der Waals surface area (Å²) in [6.07, 6.45) is 0.637. The van der Waals surface area contributed by atoms with Gasteiger partial charge in [-0.3, -0.25) is 4.90 Å². The lowest BCUT2D eigenvalue weighted by atomic mass is 9.91. The van der Waals surface area contributed by atoms with E-state index >= 15 is 0 Å². The topological polar surface area (TPSA) is 29.5 Å². The molecule has 21 heavy (non-hydrogen) atoms. The smallest absolute Gasteiger partial charge is 0.411 e. The maximum atomic E-state index is 12.5. The average molecular weight is 287 g/mol. The number of hydrogen-bond acceptors (Lipinski definition) is 2. The van der Waals surface area contributed by atoms with E-state index in [9.17, 15) is 4.79 Å². The Kier molecular flexibility index (Phi) is 4.40. The highest BCUT2D eigenvalue weighted by Gasteiger charge is 2.32. The number of hydrogen-bond donors (Lipinski definition) is 0. The minimum Gasteiger partial charge on any atom is -0.444 e. The molecule has 1 aliphatic heterocycles. The summed E-state index contributed by atoms with van der Waals surface area (Å²) in [5.41, 5.74) is 3.31. The average Bonchev–Trinajstić information content (AvgIpc) is 2.40. The summed E-state index contributed by atoms with van der Waals surface area (Å²) in [5, 5.41) is 0. The van der Waals surface area contributed by atoms with Crippen molar-refractivity contribution in [3.05, 3.63) is 47.0 Å². The normalized spacial score (nSPS) is 19.7. The van der Waals surface area contributed by atoms with Crippen molar-refractivity contribution in [3.63, 3.8) is 0 Å². The summed E-state index contributed by atoms with van der Waals surface area (Å²) < 4.78 is 5.58. The van der Waals surface area contributed by atoms with Crippen LogP contribution in [-0.4, -0.2) is 23.1 Å². The molecule has 1 atom stereocenters. The van der Waals surface area contributed by atoms with Crippen LogP contribution in [-0.2, 0) is 4.74 Å². The first-order chi connectivity index (χ1) is 9.78. The fourth-order valence-corrected chi connectivity index (χ4v) is 2.56. The van der Waals surface area contributed by atoms with Gasteiger partial charge in [0.05, 0.1) is 6.04 Å². The fourth-order valence-electron chi connectivity index (χ4n) is 2.56. The van der Waals surface area contributed by atoms with Crippen LogP contribution in [0.25, 0.3) is 0 Å². The van der Waals surface area contributed by atoms with Crippen molar-refractivity contribution in [3.8, 4) is 0 Å². The number of carbonyl (C=O) groups excluding carboxylic acids is 1. The predicted octanol–water partition coefficient (Wildman–Crippen LogP) is 4.70. The van der Waals surface area contributed by atoms with Gasteiger partial charge in [-0.25, -0.2) is 4.79 Å². The fraction of sp³-hybridized carbons (Fsp3) is 0.500. The summed E-state index contributed by atoms with van der Waals surface area (Å²) >= 11 is 0. The van der Waals surface area contributed by atoms with Crippen molar-refractivity contribution in [1.29, 1.82) is 0 Å². The van der Waals surface area contributed by atoms with E-state index in [2.05, 4.69) is 26.0 Å². The van der Waals surface area contributed by atoms with E-state index in [0.717, 1.165) is 12.0 Å². The molecule has 1 heterocycles. The van der Waals surface area contributed by atoms with Gasteiger partial charge in [-0.1, -0.05) is 41.5 Å². The van der Waals surface area contributed by atoms with Crippen LogP contribution >= 0.6 is 0 Å². The van der Waals surface area contributed by atoms with Crippen molar-refractivity contribution in [2.24, 2.45) is 0 Å². The Morgan fingerprint density at radius 2 is 1.76 bits per heavy atom. The lowest BCUT2D eigenvalue weighted by molar-refractivity contribution is 0.0163. The third-order valence-electron chi connectivity index (χ3n) is 3.82. The van der Waals surface area contributed by atoms with Crippen LogP contribution in [0.1, 0.15) is 52.6 Å². The van der Waals surface area contributed by atoms with Gasteiger partial charge in [0.15, 0.2) is 0 Å². The molecule has 0 aromatic heterocycles. The van der Waals surface area contributed by atoms with Gasteiger partial charge in [0.25, 0.3) is 0 Å². The summed E-state index contributed by atoms with van der Waals surface area (Å²) in [6, 6.07) is 10.3. The Labute approximate surface area is 127 Å². The van der Waals surface area contributed by atoms with E-state index in [1.807, 2.05) is 43.9 Å². The molecule has 0 saturated heterocycles. The Bertz CT molecular complexity index is 540. The zero-order valence-electron chi connectivity index (χ0n) is 13.6. The van der Waals surface area contributed by atoms with Crippen LogP contribution in [0.3, 0.4) is 0 Å². The number of amides is 1. The van der Waals surface area contributed by atoms with Crippen molar-refractivity contribution in [1.82, 2.24) is 4.90 Å². The summed E-state index contributed by atoms with van der Waals surface area (Å²) in [5.74, 6) is 0. The standard InChI is InChI=1S/C18H25NO2/c1-13-11-16(15-9-7-6-8-10-15)19(12-14(13)2)17(20)21-18(3,4)5/h6-10,16H,11-12H2,1-5H3. The molecular formula is C18H25NO2. The Hall–Kier alpha value is -1.77. The zero-order chi connectivity index (χ0) is 15.6. The molecule has 114 valence electrons. The molecule has 0 N–H and O–H groups in total. The maximum Gasteiger partial charge on any atom is 0.411 e. The molecule has 0 spiro atoms. The molecule has 1 aromatic carbocycles. The lowest BCUT2D eigenvalue weighted by Crippen LogP contribution is -2.42. The summed E-state index contributed by atoms with van der Waals surface area (Å²) in [6.45, 7) is 10.6. The molecule has 2 rings (SSSR count). The lowest BCUT2D eigenvalue weighted by Gasteiger charge is -2.38. The van der Waals surface area contributed by atoms with Gasteiger partial charge in [0, 0.05) is 6.54 Å². The molecule has 0 bridgehead atoms. The highest BCUT2D eigenvalue weighted by atomic mass is 16.6. The number of nitrogens with zero attached hydrogens (tertiary/aromatic N) is 1. The SMILES string of the molecule is CC1=C(C)CN(C(=O)OC(C)(C)C)C(c2ccccc2)C1. The number of benzene rings is 1. The van der Waals surface area contributed by atoms with Gasteiger partial charge in [0.2, 0.25) is 0 Å². The van der Waals surface area contributed by atoms with E-state index in [4.69, 9.17) is 4.74 Å². The van der Waals surface area contributed by atoms with E-state index < -0.39 is 5.60 Å². The van der Waals surface area contributed by atoms with Gasteiger partial charge in [-0.15, -0.1) is 0 Å². The number of ether oxygens (including phenoxy) is 1. The number of carbonyl (C=O) groups is 1. The van der Waals surface area contributed by atoms with Gasteiger partial charge in [-0.2, -0.15) is 0 Å². The number of rotatable bonds is 1. The molecule has 1 aliphatic rings. The Balaban J connectivity index is 2.29. The predicted molar refractivity (Wildman–Crippen MR) is 85.1 cm³/mol. The van der Waals surface area contributed by atoms with Crippen molar-refractivity contribution in [2.75, 3.05) is 6.54 Å². The first-order valence-corrected chi connectivity index (χ1v) is 7.48. The Morgan fingerprint density at radius 1 is 1.14 bits per heavy atom.